The van der Waals surface area contributed by atoms with Gasteiger partial charge in [-0.05, 0) is 49.1 Å². The van der Waals surface area contributed by atoms with Crippen molar-refractivity contribution in [3.63, 3.8) is 0 Å². The molecule has 7 heteroatoms. The first-order valence-corrected chi connectivity index (χ1v) is 10.6. The number of ether oxygens (including phenoxy) is 2. The van der Waals surface area contributed by atoms with Gasteiger partial charge < -0.3 is 19.7 Å². The normalized spacial score (nSPS) is 21.3. The molecule has 0 spiro atoms. The second kappa shape index (κ2) is 9.66. The van der Waals surface area contributed by atoms with Crippen LogP contribution in [0.1, 0.15) is 44.7 Å². The van der Waals surface area contributed by atoms with Crippen LogP contribution in [0.2, 0.25) is 0 Å². The molecule has 1 fully saturated rings. The van der Waals surface area contributed by atoms with E-state index in [0.717, 1.165) is 24.0 Å². The van der Waals surface area contributed by atoms with Gasteiger partial charge in [0.25, 0.3) is 0 Å². The lowest BCUT2D eigenvalue weighted by Gasteiger charge is -2.30. The first-order valence-electron chi connectivity index (χ1n) is 10.6. The summed E-state index contributed by atoms with van der Waals surface area (Å²) in [6.45, 7) is 6.54. The van der Waals surface area contributed by atoms with E-state index in [1.54, 1.807) is 18.5 Å². The molecule has 0 saturated heterocycles. The maximum atomic E-state index is 11.0. The summed E-state index contributed by atoms with van der Waals surface area (Å²) in [4.78, 5) is 17.1. The highest BCUT2D eigenvalue weighted by Crippen LogP contribution is 2.32. The molecule has 0 radical (unpaired) electrons. The summed E-state index contributed by atoms with van der Waals surface area (Å²) in [6.07, 6.45) is 3.94. The summed E-state index contributed by atoms with van der Waals surface area (Å²) in [7, 11) is 1.96. The van der Waals surface area contributed by atoms with Crippen molar-refractivity contribution in [1.29, 1.82) is 0 Å². The average molecular weight is 429 g/mol. The molecule has 3 rings (SSSR count). The third-order valence-electron chi connectivity index (χ3n) is 5.71. The summed E-state index contributed by atoms with van der Waals surface area (Å²) in [6, 6.07) is 9.45. The third kappa shape index (κ3) is 5.95. The topological polar surface area (TPSA) is 92.1 Å². The Bertz CT molecular complexity index is 881. The van der Waals surface area contributed by atoms with Crippen LogP contribution in [0.5, 0.6) is 11.5 Å². The number of nitrogens with zero attached hydrogens (tertiary/aromatic N) is 2. The van der Waals surface area contributed by atoms with E-state index in [1.165, 1.54) is 0 Å². The standard InChI is InChI=1S/C24H32N2O5/c1-24(2,3)17-7-9-20(30-15-22(27)28)16(12-17)14-26(4)19-8-10-21(23(19)29)31-18-6-5-11-25-13-18/h5-7,9,11-13,19,21,23,29H,8,10,14-15H2,1-4H3,(H,27,28)/t19-,21-,23-/m1/s1. The summed E-state index contributed by atoms with van der Waals surface area (Å²) in [5.74, 6) is 0.191. The molecule has 7 nitrogen and oxygen atoms in total. The van der Waals surface area contributed by atoms with Gasteiger partial charge >= 0.3 is 5.97 Å². The van der Waals surface area contributed by atoms with E-state index < -0.39 is 18.7 Å². The maximum absolute atomic E-state index is 11.0. The molecular formula is C24H32N2O5. The van der Waals surface area contributed by atoms with Crippen LogP contribution in [0.4, 0.5) is 0 Å². The predicted octanol–water partition coefficient (Wildman–Crippen LogP) is 3.25. The van der Waals surface area contributed by atoms with Gasteiger partial charge in [-0.1, -0.05) is 32.9 Å². The van der Waals surface area contributed by atoms with E-state index in [-0.39, 0.29) is 17.6 Å². The van der Waals surface area contributed by atoms with Crippen LogP contribution in [0, 0.1) is 0 Å². The van der Waals surface area contributed by atoms with Gasteiger partial charge in [-0.15, -0.1) is 0 Å². The number of carboxylic acids is 1. The summed E-state index contributed by atoms with van der Waals surface area (Å²) < 4.78 is 11.5. The van der Waals surface area contributed by atoms with Crippen molar-refractivity contribution in [2.75, 3.05) is 13.7 Å². The summed E-state index contributed by atoms with van der Waals surface area (Å²) in [5, 5.41) is 19.9. The monoisotopic (exact) mass is 428 g/mol. The molecule has 0 amide bonds. The Kier molecular flexibility index (Phi) is 7.18. The smallest absolute Gasteiger partial charge is 0.341 e. The zero-order valence-electron chi connectivity index (χ0n) is 18.6. The van der Waals surface area contributed by atoms with Gasteiger partial charge in [-0.25, -0.2) is 4.79 Å². The number of aromatic nitrogens is 1. The van der Waals surface area contributed by atoms with Crippen LogP contribution in [0.25, 0.3) is 0 Å². The fourth-order valence-electron chi connectivity index (χ4n) is 3.96. The SMILES string of the molecule is CN(Cc1cc(C(C)(C)C)ccc1OCC(=O)O)[C@@H]1CC[C@@H](Oc2cccnc2)[C@@H]1O. The second-order valence-corrected chi connectivity index (χ2v) is 9.15. The van der Waals surface area contributed by atoms with Gasteiger partial charge in [0, 0.05) is 24.3 Å². The highest BCUT2D eigenvalue weighted by Gasteiger charge is 2.38. The van der Waals surface area contributed by atoms with E-state index in [0.29, 0.717) is 18.0 Å². The van der Waals surface area contributed by atoms with E-state index >= 15 is 0 Å². The molecule has 0 bridgehead atoms. The van der Waals surface area contributed by atoms with Gasteiger partial charge in [0.1, 0.15) is 23.7 Å². The Morgan fingerprint density at radius 1 is 1.26 bits per heavy atom. The number of pyridine rings is 1. The van der Waals surface area contributed by atoms with Gasteiger partial charge in [-0.3, -0.25) is 9.88 Å². The Hall–Kier alpha value is -2.64. The number of carbonyl (C=O) groups is 1. The van der Waals surface area contributed by atoms with Gasteiger partial charge in [-0.2, -0.15) is 0 Å². The number of hydrogen-bond donors (Lipinski definition) is 2. The molecule has 31 heavy (non-hydrogen) atoms. The number of carboxylic acid groups (broad SMARTS) is 1. The Balaban J connectivity index is 1.73. The first kappa shape index (κ1) is 23.0. The molecule has 1 saturated carbocycles. The first-order chi connectivity index (χ1) is 14.6. The van der Waals surface area contributed by atoms with Crippen LogP contribution in [-0.4, -0.2) is 58.0 Å². The van der Waals surface area contributed by atoms with E-state index in [4.69, 9.17) is 14.6 Å². The zero-order valence-corrected chi connectivity index (χ0v) is 18.6. The number of aliphatic carboxylic acids is 1. The molecule has 0 aliphatic heterocycles. The van der Waals surface area contributed by atoms with Crippen molar-refractivity contribution in [2.24, 2.45) is 0 Å². The highest BCUT2D eigenvalue weighted by atomic mass is 16.5. The van der Waals surface area contributed by atoms with Crippen LogP contribution in [-0.2, 0) is 16.8 Å². The van der Waals surface area contributed by atoms with Crippen molar-refractivity contribution >= 4 is 5.97 Å². The van der Waals surface area contributed by atoms with E-state index in [1.807, 2.05) is 25.2 Å². The quantitative estimate of drug-likeness (QED) is 0.667. The summed E-state index contributed by atoms with van der Waals surface area (Å²) >= 11 is 0. The fourth-order valence-corrected chi connectivity index (χ4v) is 3.96. The third-order valence-corrected chi connectivity index (χ3v) is 5.71. The van der Waals surface area contributed by atoms with Crippen molar-refractivity contribution in [2.45, 2.75) is 63.8 Å². The van der Waals surface area contributed by atoms with Crippen LogP contribution in [0.3, 0.4) is 0 Å². The Morgan fingerprint density at radius 2 is 2.03 bits per heavy atom. The van der Waals surface area contributed by atoms with E-state index in [9.17, 15) is 9.90 Å². The molecular weight excluding hydrogens is 396 g/mol. The Labute approximate surface area is 183 Å². The van der Waals surface area contributed by atoms with Crippen LogP contribution in [0.15, 0.2) is 42.7 Å². The lowest BCUT2D eigenvalue weighted by Crippen LogP contribution is -2.42. The van der Waals surface area contributed by atoms with Crippen molar-refractivity contribution < 1.29 is 24.5 Å². The molecule has 1 aromatic heterocycles. The molecule has 1 aliphatic carbocycles. The highest BCUT2D eigenvalue weighted by molar-refractivity contribution is 5.68. The maximum Gasteiger partial charge on any atom is 0.341 e. The molecule has 1 aliphatic rings. The largest absolute Gasteiger partial charge is 0.486 e. The van der Waals surface area contributed by atoms with E-state index in [2.05, 4.69) is 36.7 Å². The van der Waals surface area contributed by atoms with Crippen LogP contribution >= 0.6 is 0 Å². The van der Waals surface area contributed by atoms with Gasteiger partial charge in [0.15, 0.2) is 6.61 Å². The fraction of sp³-hybridized carbons (Fsp3) is 0.500. The van der Waals surface area contributed by atoms with Crippen LogP contribution < -0.4 is 9.47 Å². The number of aliphatic hydroxyl groups excluding tert-OH is 1. The minimum atomic E-state index is -1.01. The molecule has 1 aromatic carbocycles. The molecule has 0 unspecified atom stereocenters. The average Bonchev–Trinajstić information content (AvgIpc) is 3.07. The van der Waals surface area contributed by atoms with Crippen molar-refractivity contribution in [1.82, 2.24) is 9.88 Å². The zero-order chi connectivity index (χ0) is 22.6. The lowest BCUT2D eigenvalue weighted by molar-refractivity contribution is -0.139. The summed E-state index contributed by atoms with van der Waals surface area (Å²) in [5.41, 5.74) is 2.00. The Morgan fingerprint density at radius 3 is 2.68 bits per heavy atom. The predicted molar refractivity (Wildman–Crippen MR) is 117 cm³/mol. The second-order valence-electron chi connectivity index (χ2n) is 9.15. The number of rotatable bonds is 8. The molecule has 168 valence electrons. The lowest BCUT2D eigenvalue weighted by atomic mass is 9.86. The number of likely N-dealkylation sites (N-methyl/N-ethyl adjacent to an activating group) is 1. The molecule has 3 atom stereocenters. The molecule has 2 N–H and O–H groups in total. The molecule has 2 aromatic rings. The number of benzene rings is 1. The minimum Gasteiger partial charge on any atom is -0.486 e. The van der Waals surface area contributed by atoms with Crippen molar-refractivity contribution in [3.8, 4) is 11.5 Å². The number of hydrogen-bond acceptors (Lipinski definition) is 6. The minimum absolute atomic E-state index is 0.0474. The molecule has 1 heterocycles. The van der Waals surface area contributed by atoms with Gasteiger partial charge in [0.05, 0.1) is 6.20 Å². The van der Waals surface area contributed by atoms with Gasteiger partial charge in [0.2, 0.25) is 0 Å². The number of aliphatic hydroxyl groups is 1. The van der Waals surface area contributed by atoms with Crippen molar-refractivity contribution in [3.05, 3.63) is 53.9 Å².